The largest absolute Gasteiger partial charge is 0.379 e. The molecule has 0 radical (unpaired) electrons. The molecule has 0 aliphatic carbocycles. The molecule has 4 nitrogen and oxygen atoms in total. The zero-order valence-corrected chi connectivity index (χ0v) is 11.7. The number of anilines is 1. The van der Waals surface area contributed by atoms with Crippen molar-refractivity contribution in [1.82, 2.24) is 9.78 Å². The molecule has 0 aliphatic rings. The third-order valence-electron chi connectivity index (χ3n) is 2.44. The summed E-state index contributed by atoms with van der Waals surface area (Å²) in [7, 11) is 0. The molecular formula is C13H14BrN3O. The predicted octanol–water partition coefficient (Wildman–Crippen LogP) is 1.85. The second-order valence-electron chi connectivity index (χ2n) is 3.70. The van der Waals surface area contributed by atoms with Crippen molar-refractivity contribution in [3.05, 3.63) is 21.0 Å². The molecule has 1 N–H and O–H groups in total. The quantitative estimate of drug-likeness (QED) is 0.845. The van der Waals surface area contributed by atoms with E-state index in [1.54, 1.807) is 6.20 Å². The van der Waals surface area contributed by atoms with Gasteiger partial charge in [-0.1, -0.05) is 12.8 Å². The van der Waals surface area contributed by atoms with Gasteiger partial charge in [-0.25, -0.2) is 4.68 Å². The van der Waals surface area contributed by atoms with Crippen LogP contribution in [0.25, 0.3) is 0 Å². The Balaban J connectivity index is 2.99. The monoisotopic (exact) mass is 307 g/mol. The fourth-order valence-corrected chi connectivity index (χ4v) is 1.85. The number of hydrogen-bond acceptors (Lipinski definition) is 3. The molecule has 0 bridgehead atoms. The lowest BCUT2D eigenvalue weighted by Gasteiger charge is -2.16. The van der Waals surface area contributed by atoms with Gasteiger partial charge in [-0.3, -0.25) is 4.79 Å². The smallest absolute Gasteiger partial charge is 0.284 e. The Kier molecular flexibility index (Phi) is 5.48. The number of aromatic nitrogens is 2. The highest BCUT2D eigenvalue weighted by atomic mass is 79.9. The summed E-state index contributed by atoms with van der Waals surface area (Å²) in [5.41, 5.74) is 0.379. The van der Waals surface area contributed by atoms with Crippen molar-refractivity contribution in [2.24, 2.45) is 0 Å². The van der Waals surface area contributed by atoms with Crippen LogP contribution in [0.2, 0.25) is 0 Å². The van der Waals surface area contributed by atoms with Crippen LogP contribution < -0.4 is 10.9 Å². The van der Waals surface area contributed by atoms with E-state index in [2.05, 4.69) is 38.2 Å². The highest BCUT2D eigenvalue weighted by molar-refractivity contribution is 9.10. The Hall–Kier alpha value is -1.72. The highest BCUT2D eigenvalue weighted by Gasteiger charge is 2.11. The van der Waals surface area contributed by atoms with Gasteiger partial charge < -0.3 is 5.32 Å². The number of terminal acetylenes is 2. The molecule has 1 rings (SSSR count). The second kappa shape index (κ2) is 6.88. The second-order valence-corrected chi connectivity index (χ2v) is 4.49. The van der Waals surface area contributed by atoms with Gasteiger partial charge >= 0.3 is 0 Å². The number of halogens is 1. The van der Waals surface area contributed by atoms with Crippen LogP contribution in [0.15, 0.2) is 15.5 Å². The molecule has 1 aromatic rings. The third kappa shape index (κ3) is 3.38. The van der Waals surface area contributed by atoms with Crippen LogP contribution in [0.5, 0.6) is 0 Å². The first-order valence-electron chi connectivity index (χ1n) is 5.53. The zero-order valence-electron chi connectivity index (χ0n) is 10.1. The Bertz CT molecular complexity index is 551. The van der Waals surface area contributed by atoms with E-state index in [0.717, 1.165) is 6.42 Å². The average molecular weight is 308 g/mol. The minimum Gasteiger partial charge on any atom is -0.379 e. The normalized spacial score (nSPS) is 11.3. The summed E-state index contributed by atoms with van der Waals surface area (Å²) in [6.45, 7) is 2.18. The van der Waals surface area contributed by atoms with E-state index in [1.807, 2.05) is 6.92 Å². The molecular weight excluding hydrogens is 294 g/mol. The fourth-order valence-electron chi connectivity index (χ4n) is 1.42. The Morgan fingerprint density at radius 3 is 2.83 bits per heavy atom. The van der Waals surface area contributed by atoms with Crippen molar-refractivity contribution < 1.29 is 0 Å². The lowest BCUT2D eigenvalue weighted by atomic mass is 10.1. The highest BCUT2D eigenvalue weighted by Crippen LogP contribution is 2.18. The van der Waals surface area contributed by atoms with E-state index in [1.165, 1.54) is 4.68 Å². The molecule has 0 aromatic carbocycles. The standard InChI is InChI=1S/C13H14BrN3O/c1-4-7-10(6-3)16-11-9-15-17(8-5-2)13(18)12(11)14/h1-2,9-10,16H,6-8H2,3H3. The summed E-state index contributed by atoms with van der Waals surface area (Å²) < 4.78 is 1.64. The van der Waals surface area contributed by atoms with Crippen LogP contribution in [0, 0.1) is 24.7 Å². The molecule has 94 valence electrons. The first-order valence-corrected chi connectivity index (χ1v) is 6.32. The first-order chi connectivity index (χ1) is 8.63. The van der Waals surface area contributed by atoms with Crippen molar-refractivity contribution >= 4 is 21.6 Å². The van der Waals surface area contributed by atoms with Gasteiger partial charge in [-0.2, -0.15) is 5.10 Å². The molecule has 1 heterocycles. The minimum atomic E-state index is -0.256. The van der Waals surface area contributed by atoms with Gasteiger partial charge in [0.25, 0.3) is 5.56 Å². The van der Waals surface area contributed by atoms with E-state index in [4.69, 9.17) is 12.8 Å². The van der Waals surface area contributed by atoms with Crippen LogP contribution in [-0.4, -0.2) is 15.8 Å². The Morgan fingerprint density at radius 1 is 1.56 bits per heavy atom. The van der Waals surface area contributed by atoms with Gasteiger partial charge in [0, 0.05) is 12.5 Å². The summed E-state index contributed by atoms with van der Waals surface area (Å²) in [5, 5.41) is 7.18. The molecule has 0 fully saturated rings. The van der Waals surface area contributed by atoms with Crippen molar-refractivity contribution in [2.75, 3.05) is 5.32 Å². The van der Waals surface area contributed by atoms with E-state index in [-0.39, 0.29) is 18.1 Å². The molecule has 0 amide bonds. The van der Waals surface area contributed by atoms with Crippen LogP contribution in [0.4, 0.5) is 5.69 Å². The number of hydrogen-bond donors (Lipinski definition) is 1. The van der Waals surface area contributed by atoms with E-state index in [9.17, 15) is 4.79 Å². The molecule has 0 aliphatic heterocycles. The van der Waals surface area contributed by atoms with Crippen molar-refractivity contribution in [3.8, 4) is 24.7 Å². The fraction of sp³-hybridized carbons (Fsp3) is 0.385. The van der Waals surface area contributed by atoms with Gasteiger partial charge in [-0.15, -0.1) is 18.8 Å². The molecule has 5 heteroatoms. The molecule has 1 unspecified atom stereocenters. The minimum absolute atomic E-state index is 0.121. The van der Waals surface area contributed by atoms with E-state index < -0.39 is 0 Å². The third-order valence-corrected chi connectivity index (χ3v) is 3.21. The Morgan fingerprint density at radius 2 is 2.28 bits per heavy atom. The maximum absolute atomic E-state index is 11.9. The van der Waals surface area contributed by atoms with Crippen molar-refractivity contribution in [3.63, 3.8) is 0 Å². The summed E-state index contributed by atoms with van der Waals surface area (Å²) in [6, 6.07) is 0.121. The zero-order chi connectivity index (χ0) is 13.5. The number of rotatable bonds is 5. The SMILES string of the molecule is C#CCC(CC)Nc1cnn(CC#C)c(=O)c1Br. The predicted molar refractivity (Wildman–Crippen MR) is 76.2 cm³/mol. The van der Waals surface area contributed by atoms with Gasteiger partial charge in [0.15, 0.2) is 0 Å². The van der Waals surface area contributed by atoms with Crippen LogP contribution in [0.3, 0.4) is 0 Å². The van der Waals surface area contributed by atoms with Gasteiger partial charge in [-0.05, 0) is 22.4 Å². The van der Waals surface area contributed by atoms with Crippen LogP contribution in [0.1, 0.15) is 19.8 Å². The van der Waals surface area contributed by atoms with Gasteiger partial charge in [0.2, 0.25) is 0 Å². The first kappa shape index (κ1) is 14.3. The van der Waals surface area contributed by atoms with E-state index >= 15 is 0 Å². The summed E-state index contributed by atoms with van der Waals surface area (Å²) >= 11 is 3.25. The molecule has 0 saturated heterocycles. The molecule has 0 spiro atoms. The molecule has 1 aromatic heterocycles. The summed E-state index contributed by atoms with van der Waals surface area (Å²) in [6.07, 6.45) is 13.5. The van der Waals surface area contributed by atoms with Crippen molar-refractivity contribution in [1.29, 1.82) is 0 Å². The maximum Gasteiger partial charge on any atom is 0.284 e. The number of nitrogens with zero attached hydrogens (tertiary/aromatic N) is 2. The molecule has 18 heavy (non-hydrogen) atoms. The van der Waals surface area contributed by atoms with Crippen LogP contribution >= 0.6 is 15.9 Å². The van der Waals surface area contributed by atoms with E-state index in [0.29, 0.717) is 16.6 Å². The lowest BCUT2D eigenvalue weighted by Crippen LogP contribution is -2.26. The van der Waals surface area contributed by atoms with Crippen LogP contribution in [-0.2, 0) is 6.54 Å². The van der Waals surface area contributed by atoms with Gasteiger partial charge in [0.05, 0.1) is 11.9 Å². The Labute approximate surface area is 115 Å². The summed E-state index contributed by atoms with van der Waals surface area (Å²) in [5.74, 6) is 4.97. The molecule has 0 saturated carbocycles. The van der Waals surface area contributed by atoms with Gasteiger partial charge in [0.1, 0.15) is 11.0 Å². The average Bonchev–Trinajstić information content (AvgIpc) is 2.37. The lowest BCUT2D eigenvalue weighted by molar-refractivity contribution is 0.654. The maximum atomic E-state index is 11.9. The number of nitrogens with one attached hydrogen (secondary N) is 1. The summed E-state index contributed by atoms with van der Waals surface area (Å²) in [4.78, 5) is 11.9. The molecule has 1 atom stereocenters. The topological polar surface area (TPSA) is 46.9 Å². The van der Waals surface area contributed by atoms with Crippen molar-refractivity contribution in [2.45, 2.75) is 32.4 Å².